The fraction of sp³-hybridized carbons (Fsp3) is 0.667. The molecule has 1 aromatic rings. The predicted octanol–water partition coefficient (Wildman–Crippen LogP) is 5.41. The predicted molar refractivity (Wildman–Crippen MR) is 88.4 cm³/mol. The van der Waals surface area contributed by atoms with Crippen LogP contribution in [0.1, 0.15) is 69.4 Å². The van der Waals surface area contributed by atoms with Crippen LogP contribution in [0.25, 0.3) is 0 Å². The van der Waals surface area contributed by atoms with Crippen LogP contribution in [0.4, 0.5) is 5.69 Å². The van der Waals surface area contributed by atoms with Crippen molar-refractivity contribution in [1.82, 2.24) is 0 Å². The Balaban J connectivity index is 2.14. The molecular formula is C18H31NO. The minimum absolute atomic E-state index is 0.806. The van der Waals surface area contributed by atoms with Crippen molar-refractivity contribution >= 4 is 5.69 Å². The molecular weight excluding hydrogens is 246 g/mol. The summed E-state index contributed by atoms with van der Waals surface area (Å²) in [5.41, 5.74) is 8.99. The van der Waals surface area contributed by atoms with Crippen LogP contribution in [0.5, 0.6) is 5.75 Å². The van der Waals surface area contributed by atoms with Crippen LogP contribution in [0, 0.1) is 13.8 Å². The normalized spacial score (nSPS) is 10.8. The van der Waals surface area contributed by atoms with Crippen molar-refractivity contribution in [3.05, 3.63) is 23.3 Å². The highest BCUT2D eigenvalue weighted by molar-refractivity contribution is 5.56. The van der Waals surface area contributed by atoms with Gasteiger partial charge in [-0.25, -0.2) is 0 Å². The number of benzene rings is 1. The summed E-state index contributed by atoms with van der Waals surface area (Å²) in [4.78, 5) is 0. The number of hydrogen-bond donors (Lipinski definition) is 1. The van der Waals surface area contributed by atoms with Gasteiger partial charge >= 0.3 is 0 Å². The third-order valence-electron chi connectivity index (χ3n) is 3.89. The van der Waals surface area contributed by atoms with E-state index < -0.39 is 0 Å². The molecule has 0 aromatic heterocycles. The molecule has 0 saturated carbocycles. The summed E-state index contributed by atoms with van der Waals surface area (Å²) < 4.78 is 5.91. The Kier molecular flexibility index (Phi) is 8.17. The maximum absolute atomic E-state index is 5.92. The minimum atomic E-state index is 0.806. The van der Waals surface area contributed by atoms with E-state index in [9.17, 15) is 0 Å². The monoisotopic (exact) mass is 277 g/mol. The van der Waals surface area contributed by atoms with E-state index in [0.29, 0.717) is 0 Å². The molecule has 0 aliphatic rings. The molecule has 2 N–H and O–H groups in total. The van der Waals surface area contributed by atoms with E-state index in [1.165, 1.54) is 50.5 Å². The van der Waals surface area contributed by atoms with Crippen LogP contribution in [0.15, 0.2) is 12.1 Å². The Morgan fingerprint density at radius 3 is 2.15 bits per heavy atom. The number of nitrogen functional groups attached to an aromatic ring is 1. The third kappa shape index (κ3) is 5.85. The van der Waals surface area contributed by atoms with Gasteiger partial charge in [0.1, 0.15) is 5.75 Å². The topological polar surface area (TPSA) is 35.2 Å². The van der Waals surface area contributed by atoms with Crippen molar-refractivity contribution in [3.8, 4) is 5.75 Å². The molecule has 0 bridgehead atoms. The summed E-state index contributed by atoms with van der Waals surface area (Å²) in [6, 6.07) is 3.99. The second kappa shape index (κ2) is 9.68. The maximum Gasteiger partial charge on any atom is 0.127 e. The summed E-state index contributed by atoms with van der Waals surface area (Å²) in [5.74, 6) is 0.980. The first-order valence-electron chi connectivity index (χ1n) is 8.15. The van der Waals surface area contributed by atoms with E-state index in [2.05, 4.69) is 13.8 Å². The van der Waals surface area contributed by atoms with Crippen molar-refractivity contribution in [3.63, 3.8) is 0 Å². The van der Waals surface area contributed by atoms with Gasteiger partial charge in [-0.3, -0.25) is 0 Å². The number of unbranched alkanes of at least 4 members (excludes halogenated alkanes) is 7. The van der Waals surface area contributed by atoms with Gasteiger partial charge in [0, 0.05) is 11.3 Å². The van der Waals surface area contributed by atoms with Crippen molar-refractivity contribution in [2.75, 3.05) is 12.3 Å². The SMILES string of the molecule is CCCCCCCCCCOc1c(C)ccc(N)c1C. The first-order chi connectivity index (χ1) is 9.66. The summed E-state index contributed by atoms with van der Waals surface area (Å²) in [6.45, 7) is 7.18. The van der Waals surface area contributed by atoms with Crippen LogP contribution in [0.3, 0.4) is 0 Å². The molecule has 0 fully saturated rings. The molecule has 1 rings (SSSR count). The maximum atomic E-state index is 5.92. The molecule has 2 heteroatoms. The highest BCUT2D eigenvalue weighted by Gasteiger charge is 2.06. The van der Waals surface area contributed by atoms with E-state index in [0.717, 1.165) is 30.0 Å². The molecule has 0 aliphatic carbocycles. The number of aryl methyl sites for hydroxylation is 1. The molecule has 0 aliphatic heterocycles. The van der Waals surface area contributed by atoms with Gasteiger partial charge < -0.3 is 10.5 Å². The van der Waals surface area contributed by atoms with Gasteiger partial charge in [-0.2, -0.15) is 0 Å². The highest BCUT2D eigenvalue weighted by Crippen LogP contribution is 2.27. The minimum Gasteiger partial charge on any atom is -0.493 e. The molecule has 0 amide bonds. The van der Waals surface area contributed by atoms with Crippen LogP contribution >= 0.6 is 0 Å². The lowest BCUT2D eigenvalue weighted by atomic mass is 10.1. The zero-order valence-corrected chi connectivity index (χ0v) is 13.5. The Bertz CT molecular complexity index is 387. The molecule has 0 heterocycles. The van der Waals surface area contributed by atoms with Crippen molar-refractivity contribution in [2.45, 2.75) is 72.1 Å². The van der Waals surface area contributed by atoms with E-state index in [1.54, 1.807) is 0 Å². The number of anilines is 1. The summed E-state index contributed by atoms with van der Waals surface area (Å²) in [6.07, 6.45) is 10.6. The Morgan fingerprint density at radius 2 is 1.50 bits per heavy atom. The third-order valence-corrected chi connectivity index (χ3v) is 3.89. The fourth-order valence-electron chi connectivity index (χ4n) is 2.47. The zero-order valence-electron chi connectivity index (χ0n) is 13.5. The lowest BCUT2D eigenvalue weighted by Crippen LogP contribution is -2.02. The fourth-order valence-corrected chi connectivity index (χ4v) is 2.47. The molecule has 0 atom stereocenters. The van der Waals surface area contributed by atoms with Crippen molar-refractivity contribution in [2.24, 2.45) is 0 Å². The smallest absolute Gasteiger partial charge is 0.127 e. The molecule has 0 spiro atoms. The van der Waals surface area contributed by atoms with Gasteiger partial charge in [-0.1, -0.05) is 57.9 Å². The molecule has 114 valence electrons. The van der Waals surface area contributed by atoms with E-state index >= 15 is 0 Å². The van der Waals surface area contributed by atoms with Gasteiger partial charge in [-0.05, 0) is 31.9 Å². The van der Waals surface area contributed by atoms with Crippen LogP contribution in [-0.2, 0) is 0 Å². The lowest BCUT2D eigenvalue weighted by Gasteiger charge is -2.13. The van der Waals surface area contributed by atoms with Gasteiger partial charge in [0.05, 0.1) is 6.61 Å². The second-order valence-corrected chi connectivity index (χ2v) is 5.75. The van der Waals surface area contributed by atoms with E-state index in [4.69, 9.17) is 10.5 Å². The number of rotatable bonds is 10. The quantitative estimate of drug-likeness (QED) is 0.458. The van der Waals surface area contributed by atoms with Crippen molar-refractivity contribution in [1.29, 1.82) is 0 Å². The number of ether oxygens (including phenoxy) is 1. The van der Waals surface area contributed by atoms with Crippen molar-refractivity contribution < 1.29 is 4.74 Å². The zero-order chi connectivity index (χ0) is 14.8. The average molecular weight is 277 g/mol. The largest absolute Gasteiger partial charge is 0.493 e. The number of nitrogens with two attached hydrogens (primary N) is 1. The standard InChI is InChI=1S/C18H31NO/c1-4-5-6-7-8-9-10-11-14-20-18-15(2)12-13-17(19)16(18)3/h12-13H,4-11,14,19H2,1-3H3. The van der Waals surface area contributed by atoms with Gasteiger partial charge in [0.2, 0.25) is 0 Å². The molecule has 0 radical (unpaired) electrons. The van der Waals surface area contributed by atoms with Gasteiger partial charge in [-0.15, -0.1) is 0 Å². The second-order valence-electron chi connectivity index (χ2n) is 5.75. The lowest BCUT2D eigenvalue weighted by molar-refractivity contribution is 0.300. The van der Waals surface area contributed by atoms with Crippen LogP contribution < -0.4 is 10.5 Å². The summed E-state index contributed by atoms with van der Waals surface area (Å²) in [7, 11) is 0. The first-order valence-corrected chi connectivity index (χ1v) is 8.15. The molecule has 1 aromatic carbocycles. The Labute approximate surface area is 124 Å². The molecule has 20 heavy (non-hydrogen) atoms. The molecule has 2 nitrogen and oxygen atoms in total. The van der Waals surface area contributed by atoms with Crippen LogP contribution in [0.2, 0.25) is 0 Å². The van der Waals surface area contributed by atoms with Crippen LogP contribution in [-0.4, -0.2) is 6.61 Å². The van der Waals surface area contributed by atoms with E-state index in [-0.39, 0.29) is 0 Å². The highest BCUT2D eigenvalue weighted by atomic mass is 16.5. The van der Waals surface area contributed by atoms with Gasteiger partial charge in [0.25, 0.3) is 0 Å². The first kappa shape index (κ1) is 16.9. The average Bonchev–Trinajstić information content (AvgIpc) is 2.44. The summed E-state index contributed by atoms with van der Waals surface area (Å²) >= 11 is 0. The molecule has 0 saturated heterocycles. The Hall–Kier alpha value is -1.18. The summed E-state index contributed by atoms with van der Waals surface area (Å²) in [5, 5.41) is 0. The van der Waals surface area contributed by atoms with Gasteiger partial charge in [0.15, 0.2) is 0 Å². The van der Waals surface area contributed by atoms with E-state index in [1.807, 2.05) is 19.1 Å². The number of hydrogen-bond acceptors (Lipinski definition) is 2. The molecule has 0 unspecified atom stereocenters. The Morgan fingerprint density at radius 1 is 0.900 bits per heavy atom.